The summed E-state index contributed by atoms with van der Waals surface area (Å²) >= 11 is 5.60. The molecule has 0 amide bonds. The number of thiocarbonyl (C=S) groups is 1. The van der Waals surface area contributed by atoms with Crippen molar-refractivity contribution in [3.8, 4) is 23.0 Å². The highest BCUT2D eigenvalue weighted by atomic mass is 32.1. The van der Waals surface area contributed by atoms with E-state index in [1.807, 2.05) is 30.3 Å². The third kappa shape index (κ3) is 4.64. The Bertz CT molecular complexity index is 1130. The molecule has 2 aliphatic rings. The normalized spacial score (nSPS) is 21.1. The zero-order valence-electron chi connectivity index (χ0n) is 19.7. The summed E-state index contributed by atoms with van der Waals surface area (Å²) in [4.78, 5) is 0. The van der Waals surface area contributed by atoms with E-state index in [0.717, 1.165) is 29.7 Å². The fourth-order valence-corrected chi connectivity index (χ4v) is 4.84. The first kappa shape index (κ1) is 23.0. The van der Waals surface area contributed by atoms with Gasteiger partial charge in [0.2, 0.25) is 0 Å². The van der Waals surface area contributed by atoms with E-state index in [4.69, 9.17) is 31.2 Å². The second kappa shape index (κ2) is 9.75. The fraction of sp³-hybridized carbons (Fsp3) is 0.346. The molecule has 0 aromatic heterocycles. The van der Waals surface area contributed by atoms with E-state index in [-0.39, 0.29) is 6.04 Å². The van der Waals surface area contributed by atoms with Crippen molar-refractivity contribution in [2.75, 3.05) is 28.4 Å². The summed E-state index contributed by atoms with van der Waals surface area (Å²) < 4.78 is 21.8. The van der Waals surface area contributed by atoms with Crippen molar-refractivity contribution in [2.45, 2.75) is 25.8 Å². The third-order valence-electron chi connectivity index (χ3n) is 6.13. The number of ether oxygens (including phenoxy) is 4. The molecule has 174 valence electrons. The highest BCUT2D eigenvalue weighted by molar-refractivity contribution is 7.80. The van der Waals surface area contributed by atoms with Crippen molar-refractivity contribution in [3.05, 3.63) is 64.4 Å². The fourth-order valence-electron chi connectivity index (χ4n) is 4.62. The van der Waals surface area contributed by atoms with Gasteiger partial charge in [-0.25, -0.2) is 0 Å². The number of hydrogen-bond acceptors (Lipinski definition) is 5. The maximum Gasteiger partial charge on any atom is 0.171 e. The van der Waals surface area contributed by atoms with E-state index in [1.54, 1.807) is 28.4 Å². The molecule has 0 saturated carbocycles. The molecule has 0 saturated heterocycles. The zero-order valence-corrected chi connectivity index (χ0v) is 20.5. The van der Waals surface area contributed by atoms with Crippen LogP contribution in [0.2, 0.25) is 0 Å². The average molecular weight is 467 g/mol. The van der Waals surface area contributed by atoms with E-state index in [1.165, 1.54) is 11.1 Å². The summed E-state index contributed by atoms with van der Waals surface area (Å²) in [7, 11) is 6.59. The van der Waals surface area contributed by atoms with Gasteiger partial charge in [-0.05, 0) is 83.6 Å². The van der Waals surface area contributed by atoms with Crippen LogP contribution in [0.3, 0.4) is 0 Å². The molecule has 1 heterocycles. The van der Waals surface area contributed by atoms with Crippen LogP contribution < -0.4 is 29.6 Å². The SMILES string of the molecule is COc1ccc(/C=C2\C[C@@H](C)CC3=C2NC(=S)N[C@H]3c2ccc(OC)c(OC)c2)cc1OC. The maximum atomic E-state index is 5.60. The molecule has 2 aromatic carbocycles. The first-order valence-electron chi connectivity index (χ1n) is 10.9. The third-order valence-corrected chi connectivity index (χ3v) is 6.35. The predicted octanol–water partition coefficient (Wildman–Crippen LogP) is 5.01. The first-order valence-corrected chi connectivity index (χ1v) is 11.3. The van der Waals surface area contributed by atoms with Crippen LogP contribution in [0, 0.1) is 5.92 Å². The molecule has 0 bridgehead atoms. The minimum absolute atomic E-state index is 0.0369. The lowest BCUT2D eigenvalue weighted by molar-refractivity contribution is 0.354. The van der Waals surface area contributed by atoms with Crippen LogP contribution in [-0.4, -0.2) is 33.6 Å². The van der Waals surface area contributed by atoms with Gasteiger partial charge < -0.3 is 29.6 Å². The standard InChI is InChI=1S/C26H30N2O4S/c1-15-10-18(12-16-6-8-20(29-2)22(13-16)31-4)25-19(11-15)24(27-26(33)28-25)17-7-9-21(30-3)23(14-17)32-5/h6-9,12-15,24H,10-11H2,1-5H3,(H2,27,28,33)/b18-12+/t15-,24+/m1/s1. The molecule has 0 fully saturated rings. The molecule has 2 atom stereocenters. The molecule has 0 radical (unpaired) electrons. The molecule has 0 unspecified atom stereocenters. The van der Waals surface area contributed by atoms with Crippen molar-refractivity contribution in [1.82, 2.24) is 10.6 Å². The predicted molar refractivity (Wildman–Crippen MR) is 134 cm³/mol. The number of rotatable bonds is 6. The summed E-state index contributed by atoms with van der Waals surface area (Å²) in [5.74, 6) is 3.33. The smallest absolute Gasteiger partial charge is 0.171 e. The molecule has 6 nitrogen and oxygen atoms in total. The van der Waals surface area contributed by atoms with Gasteiger partial charge in [-0.15, -0.1) is 0 Å². The van der Waals surface area contributed by atoms with Gasteiger partial charge >= 0.3 is 0 Å². The van der Waals surface area contributed by atoms with E-state index in [9.17, 15) is 0 Å². The molecular formula is C26H30N2O4S. The summed E-state index contributed by atoms with van der Waals surface area (Å²) in [5.41, 5.74) is 5.76. The first-order chi connectivity index (χ1) is 16.0. The summed E-state index contributed by atoms with van der Waals surface area (Å²) in [5, 5.41) is 7.50. The van der Waals surface area contributed by atoms with Gasteiger partial charge in [-0.3, -0.25) is 0 Å². The van der Waals surface area contributed by atoms with Crippen molar-refractivity contribution in [3.63, 3.8) is 0 Å². The Hall–Kier alpha value is -3.19. The lowest BCUT2D eigenvalue weighted by Crippen LogP contribution is -2.45. The van der Waals surface area contributed by atoms with Gasteiger partial charge in [0, 0.05) is 5.70 Å². The van der Waals surface area contributed by atoms with Gasteiger partial charge in [-0.2, -0.15) is 0 Å². The van der Waals surface area contributed by atoms with Crippen molar-refractivity contribution >= 4 is 23.4 Å². The van der Waals surface area contributed by atoms with E-state index in [2.05, 4.69) is 29.7 Å². The molecule has 0 spiro atoms. The van der Waals surface area contributed by atoms with Crippen LogP contribution in [0.1, 0.15) is 36.9 Å². The van der Waals surface area contributed by atoms with Crippen LogP contribution in [-0.2, 0) is 0 Å². The van der Waals surface area contributed by atoms with Gasteiger partial charge in [0.25, 0.3) is 0 Å². The Kier molecular flexibility index (Phi) is 6.79. The molecule has 2 aromatic rings. The Labute approximate surface area is 200 Å². The second-order valence-electron chi connectivity index (χ2n) is 8.34. The molecule has 2 N–H and O–H groups in total. The minimum Gasteiger partial charge on any atom is -0.493 e. The average Bonchev–Trinajstić information content (AvgIpc) is 2.83. The highest BCUT2D eigenvalue weighted by Gasteiger charge is 2.33. The van der Waals surface area contributed by atoms with Crippen LogP contribution >= 0.6 is 12.2 Å². The van der Waals surface area contributed by atoms with Gasteiger partial charge in [0.05, 0.1) is 34.5 Å². The van der Waals surface area contributed by atoms with Crippen molar-refractivity contribution < 1.29 is 18.9 Å². The van der Waals surface area contributed by atoms with Gasteiger partial charge in [0.1, 0.15) is 0 Å². The lowest BCUT2D eigenvalue weighted by Gasteiger charge is -2.38. The molecule has 7 heteroatoms. The Balaban J connectivity index is 1.78. The Morgan fingerprint density at radius 1 is 0.848 bits per heavy atom. The monoisotopic (exact) mass is 466 g/mol. The Morgan fingerprint density at radius 2 is 1.48 bits per heavy atom. The van der Waals surface area contributed by atoms with Crippen LogP contribution in [0.15, 0.2) is 53.2 Å². The topological polar surface area (TPSA) is 61.0 Å². The molecule has 4 rings (SSSR count). The highest BCUT2D eigenvalue weighted by Crippen LogP contribution is 2.43. The minimum atomic E-state index is -0.0369. The van der Waals surface area contributed by atoms with E-state index >= 15 is 0 Å². The Morgan fingerprint density at radius 3 is 2.15 bits per heavy atom. The number of nitrogens with one attached hydrogen (secondary N) is 2. The van der Waals surface area contributed by atoms with Crippen LogP contribution in [0.4, 0.5) is 0 Å². The largest absolute Gasteiger partial charge is 0.493 e. The second-order valence-corrected chi connectivity index (χ2v) is 8.75. The summed E-state index contributed by atoms with van der Waals surface area (Å²) in [6.07, 6.45) is 4.14. The van der Waals surface area contributed by atoms with E-state index in [0.29, 0.717) is 34.0 Å². The van der Waals surface area contributed by atoms with Crippen LogP contribution in [0.5, 0.6) is 23.0 Å². The van der Waals surface area contributed by atoms with Crippen molar-refractivity contribution in [2.24, 2.45) is 5.92 Å². The molecule has 33 heavy (non-hydrogen) atoms. The number of methoxy groups -OCH3 is 4. The quantitative estimate of drug-likeness (QED) is 0.581. The van der Waals surface area contributed by atoms with E-state index < -0.39 is 0 Å². The maximum absolute atomic E-state index is 5.60. The zero-order chi connectivity index (χ0) is 23.5. The summed E-state index contributed by atoms with van der Waals surface area (Å²) in [6.45, 7) is 2.28. The number of benzene rings is 2. The summed E-state index contributed by atoms with van der Waals surface area (Å²) in [6, 6.07) is 12.0. The number of allylic oxidation sites excluding steroid dienone is 1. The molecule has 1 aliphatic carbocycles. The van der Waals surface area contributed by atoms with Crippen LogP contribution in [0.25, 0.3) is 6.08 Å². The van der Waals surface area contributed by atoms with Gasteiger partial charge in [-0.1, -0.05) is 19.1 Å². The van der Waals surface area contributed by atoms with Gasteiger partial charge in [0.15, 0.2) is 28.1 Å². The number of hydrogen-bond donors (Lipinski definition) is 2. The van der Waals surface area contributed by atoms with Crippen molar-refractivity contribution in [1.29, 1.82) is 0 Å². The lowest BCUT2D eigenvalue weighted by atomic mass is 9.78. The molecule has 1 aliphatic heterocycles. The molecular weight excluding hydrogens is 436 g/mol.